The summed E-state index contributed by atoms with van der Waals surface area (Å²) in [4.78, 5) is 19.7. The van der Waals surface area contributed by atoms with Crippen LogP contribution in [0.15, 0.2) is 57.8 Å². The number of pyridine rings is 1. The van der Waals surface area contributed by atoms with Crippen LogP contribution in [0.25, 0.3) is 33.4 Å². The number of hydrogen-bond donors (Lipinski definition) is 2. The van der Waals surface area contributed by atoms with Gasteiger partial charge in [-0.05, 0) is 60.1 Å². The number of furan rings is 1. The van der Waals surface area contributed by atoms with Crippen LogP contribution in [0.3, 0.4) is 0 Å². The minimum Gasteiger partial charge on any atom is -0.455 e. The highest BCUT2D eigenvalue weighted by atomic mass is 79.9. The van der Waals surface area contributed by atoms with E-state index < -0.39 is 12.1 Å². The Morgan fingerprint density at radius 2 is 1.97 bits per heavy atom. The summed E-state index contributed by atoms with van der Waals surface area (Å²) < 4.78 is 46.4. The fourth-order valence-electron chi connectivity index (χ4n) is 3.97. The van der Waals surface area contributed by atoms with Gasteiger partial charge in [0.15, 0.2) is 11.6 Å². The molecule has 5 rings (SSSR count). The first-order chi connectivity index (χ1) is 16.8. The van der Waals surface area contributed by atoms with Gasteiger partial charge in [0.05, 0.1) is 22.3 Å². The SMILES string of the molecule is O=C(ONc1ncc(-c2cnn(C3CCNCC3)c2)cc1-c1oc2ccccc2c1Br)C(F)(F)F. The van der Waals surface area contributed by atoms with E-state index in [0.29, 0.717) is 26.9 Å². The second kappa shape index (κ2) is 9.34. The number of piperidine rings is 1. The highest BCUT2D eigenvalue weighted by molar-refractivity contribution is 9.10. The van der Waals surface area contributed by atoms with Crippen LogP contribution < -0.4 is 10.8 Å². The van der Waals surface area contributed by atoms with Gasteiger partial charge < -0.3 is 14.6 Å². The van der Waals surface area contributed by atoms with Crippen molar-refractivity contribution in [3.05, 3.63) is 53.4 Å². The molecule has 1 fully saturated rings. The molecule has 8 nitrogen and oxygen atoms in total. The third-order valence-electron chi connectivity index (χ3n) is 5.76. The first-order valence-corrected chi connectivity index (χ1v) is 11.6. The Hall–Kier alpha value is -3.38. The van der Waals surface area contributed by atoms with Crippen molar-refractivity contribution in [3.63, 3.8) is 0 Å². The number of halogens is 4. The average Bonchev–Trinajstić information content (AvgIpc) is 3.48. The molecule has 0 amide bonds. The summed E-state index contributed by atoms with van der Waals surface area (Å²) in [5, 5.41) is 8.59. The Bertz CT molecular complexity index is 1380. The quantitative estimate of drug-likeness (QED) is 0.318. The molecule has 0 aliphatic carbocycles. The molecule has 0 unspecified atom stereocenters. The van der Waals surface area contributed by atoms with Gasteiger partial charge in [-0.15, -0.1) is 0 Å². The number of fused-ring (bicyclic) bond motifs is 1. The Morgan fingerprint density at radius 3 is 2.71 bits per heavy atom. The maximum atomic E-state index is 12.6. The smallest absolute Gasteiger partial charge is 0.455 e. The molecule has 35 heavy (non-hydrogen) atoms. The lowest BCUT2D eigenvalue weighted by Gasteiger charge is -2.22. The van der Waals surface area contributed by atoms with Crippen molar-refractivity contribution in [2.45, 2.75) is 25.1 Å². The van der Waals surface area contributed by atoms with Crippen LogP contribution in [-0.2, 0) is 9.63 Å². The molecule has 182 valence electrons. The largest absolute Gasteiger partial charge is 0.493 e. The van der Waals surface area contributed by atoms with E-state index in [4.69, 9.17) is 4.42 Å². The van der Waals surface area contributed by atoms with Crippen LogP contribution in [0.1, 0.15) is 18.9 Å². The molecular formula is C23H19BrF3N5O3. The Kier molecular flexibility index (Phi) is 6.24. The van der Waals surface area contributed by atoms with Crippen molar-refractivity contribution >= 4 is 38.7 Å². The number of carbonyl (C=O) groups excluding carboxylic acids is 1. The van der Waals surface area contributed by atoms with Crippen LogP contribution in [0.4, 0.5) is 19.0 Å². The van der Waals surface area contributed by atoms with Gasteiger partial charge in [-0.1, -0.05) is 12.1 Å². The van der Waals surface area contributed by atoms with Gasteiger partial charge in [0.25, 0.3) is 0 Å². The predicted molar refractivity (Wildman–Crippen MR) is 125 cm³/mol. The van der Waals surface area contributed by atoms with Crippen molar-refractivity contribution in [1.29, 1.82) is 0 Å². The standard InChI is InChI=1S/C23H19BrF3N5O3/c24-19-16-3-1-2-4-18(16)34-20(19)17-9-13(10-29-21(17)31-35-22(33)23(25,26)27)14-11-30-32(12-14)15-5-7-28-8-6-15/h1-4,9-12,15,28H,5-8H2,(H,29,31). The second-order valence-corrected chi connectivity index (χ2v) is 8.83. The lowest BCUT2D eigenvalue weighted by Crippen LogP contribution is -2.29. The molecule has 2 N–H and O–H groups in total. The van der Waals surface area contributed by atoms with E-state index in [1.54, 1.807) is 24.4 Å². The molecular weight excluding hydrogens is 531 g/mol. The summed E-state index contributed by atoms with van der Waals surface area (Å²) in [6.45, 7) is 1.84. The number of nitrogens with one attached hydrogen (secondary N) is 2. The summed E-state index contributed by atoms with van der Waals surface area (Å²) in [6.07, 6.45) is 1.87. The van der Waals surface area contributed by atoms with Crippen molar-refractivity contribution in [2.75, 3.05) is 18.6 Å². The molecule has 12 heteroatoms. The number of para-hydroxylation sites is 1. The average molecular weight is 550 g/mol. The highest BCUT2D eigenvalue weighted by Gasteiger charge is 2.42. The molecule has 1 saturated heterocycles. The van der Waals surface area contributed by atoms with Crippen molar-refractivity contribution in [1.82, 2.24) is 20.1 Å². The van der Waals surface area contributed by atoms with Gasteiger partial charge in [0.2, 0.25) is 0 Å². The normalized spacial score (nSPS) is 14.9. The van der Waals surface area contributed by atoms with E-state index in [0.717, 1.165) is 36.9 Å². The lowest BCUT2D eigenvalue weighted by molar-refractivity contribution is -0.196. The number of rotatable bonds is 5. The predicted octanol–water partition coefficient (Wildman–Crippen LogP) is 5.48. The Morgan fingerprint density at radius 1 is 1.20 bits per heavy atom. The minimum atomic E-state index is -5.16. The van der Waals surface area contributed by atoms with Gasteiger partial charge in [-0.3, -0.25) is 4.68 Å². The van der Waals surface area contributed by atoms with E-state index in [1.165, 1.54) is 6.20 Å². The number of carbonyl (C=O) groups is 1. The van der Waals surface area contributed by atoms with Gasteiger partial charge in [-0.2, -0.15) is 23.8 Å². The zero-order valence-corrected chi connectivity index (χ0v) is 19.7. The zero-order chi connectivity index (χ0) is 24.6. The van der Waals surface area contributed by atoms with Crippen molar-refractivity contribution in [2.24, 2.45) is 0 Å². The first-order valence-electron chi connectivity index (χ1n) is 10.8. The molecule has 3 aromatic heterocycles. The molecule has 0 spiro atoms. The number of aromatic nitrogens is 3. The monoisotopic (exact) mass is 549 g/mol. The minimum absolute atomic E-state index is 0.114. The van der Waals surface area contributed by atoms with Crippen molar-refractivity contribution in [3.8, 4) is 22.5 Å². The third-order valence-corrected chi connectivity index (χ3v) is 6.54. The number of hydrogen-bond acceptors (Lipinski definition) is 7. The maximum absolute atomic E-state index is 12.6. The van der Waals surface area contributed by atoms with Gasteiger partial charge in [-0.25, -0.2) is 9.78 Å². The summed E-state index contributed by atoms with van der Waals surface area (Å²) in [5.41, 5.74) is 4.35. The molecule has 1 aliphatic rings. The number of alkyl halides is 3. The fraction of sp³-hybridized carbons (Fsp3) is 0.261. The summed E-state index contributed by atoms with van der Waals surface area (Å²) in [5.74, 6) is -2.19. The zero-order valence-electron chi connectivity index (χ0n) is 18.1. The fourth-order valence-corrected chi connectivity index (χ4v) is 4.60. The summed E-state index contributed by atoms with van der Waals surface area (Å²) in [6, 6.07) is 9.22. The molecule has 0 bridgehead atoms. The summed E-state index contributed by atoms with van der Waals surface area (Å²) >= 11 is 3.51. The van der Waals surface area contributed by atoms with Crippen LogP contribution in [0.2, 0.25) is 0 Å². The third kappa shape index (κ3) is 4.76. The van der Waals surface area contributed by atoms with Crippen LogP contribution >= 0.6 is 15.9 Å². The first kappa shape index (κ1) is 23.4. The molecule has 0 atom stereocenters. The topological polar surface area (TPSA) is 94.2 Å². The van der Waals surface area contributed by atoms with Crippen molar-refractivity contribution < 1.29 is 27.2 Å². The van der Waals surface area contributed by atoms with E-state index in [1.807, 2.05) is 28.5 Å². The molecule has 4 heterocycles. The molecule has 0 saturated carbocycles. The number of benzene rings is 1. The van der Waals surface area contributed by atoms with E-state index in [2.05, 4.69) is 36.2 Å². The van der Waals surface area contributed by atoms with Crippen LogP contribution in [-0.4, -0.2) is 40.0 Å². The van der Waals surface area contributed by atoms with Crippen LogP contribution in [0.5, 0.6) is 0 Å². The van der Waals surface area contributed by atoms with Gasteiger partial charge in [0, 0.05) is 28.9 Å². The maximum Gasteiger partial charge on any atom is 0.493 e. The highest BCUT2D eigenvalue weighted by Crippen LogP contribution is 2.41. The Balaban J connectivity index is 1.54. The van der Waals surface area contributed by atoms with Gasteiger partial charge in [0.1, 0.15) is 5.58 Å². The number of anilines is 1. The molecule has 0 radical (unpaired) electrons. The van der Waals surface area contributed by atoms with E-state index >= 15 is 0 Å². The molecule has 4 aromatic rings. The lowest BCUT2D eigenvalue weighted by atomic mass is 10.1. The van der Waals surface area contributed by atoms with E-state index in [9.17, 15) is 18.0 Å². The van der Waals surface area contributed by atoms with Crippen LogP contribution in [0, 0.1) is 0 Å². The second-order valence-electron chi connectivity index (χ2n) is 8.04. The molecule has 1 aromatic carbocycles. The van der Waals surface area contributed by atoms with E-state index in [-0.39, 0.29) is 11.9 Å². The Labute approximate surface area is 205 Å². The molecule has 1 aliphatic heterocycles. The van der Waals surface area contributed by atoms with Gasteiger partial charge >= 0.3 is 12.1 Å². The summed E-state index contributed by atoms with van der Waals surface area (Å²) in [7, 11) is 0. The number of nitrogens with zero attached hydrogens (tertiary/aromatic N) is 3.